The van der Waals surface area contributed by atoms with Crippen LogP contribution in [-0.4, -0.2) is 187 Å². The van der Waals surface area contributed by atoms with Crippen LogP contribution in [0.4, 0.5) is 0 Å². The smallest absolute Gasteiger partial charge is 0.326 e. The second-order valence-electron chi connectivity index (χ2n) is 20.2. The van der Waals surface area contributed by atoms with Gasteiger partial charge < -0.3 is 90.2 Å². The number of aliphatic carboxylic acids is 1. The molecule has 0 saturated carbocycles. The van der Waals surface area contributed by atoms with Gasteiger partial charge in [-0.2, -0.15) is 0 Å². The number of amides is 11. The van der Waals surface area contributed by atoms with Gasteiger partial charge >= 0.3 is 5.97 Å². The van der Waals surface area contributed by atoms with E-state index in [1.807, 2.05) is 0 Å². The number of carboxylic acids is 1. The number of nitrogens with zero attached hydrogens (tertiary/aromatic N) is 1. The molecule has 1 heterocycles. The Labute approximate surface area is 473 Å². The number of nitrogens with one attached hydrogen (secondary N) is 8. The molecule has 0 radical (unpaired) electrons. The van der Waals surface area contributed by atoms with Crippen LogP contribution in [0.1, 0.15) is 90.7 Å². The molecule has 3 rings (SSSR count). The van der Waals surface area contributed by atoms with Crippen molar-refractivity contribution in [1.82, 2.24) is 47.4 Å². The summed E-state index contributed by atoms with van der Waals surface area (Å²) in [7, 11) is 0. The maximum absolute atomic E-state index is 14.0. The number of carbonyl (C=O) groups is 12. The van der Waals surface area contributed by atoms with Crippen molar-refractivity contribution in [2.45, 2.75) is 165 Å². The van der Waals surface area contributed by atoms with Gasteiger partial charge in [-0.15, -0.1) is 0 Å². The van der Waals surface area contributed by atoms with E-state index in [0.717, 1.165) is 6.92 Å². The average molecular weight is 1160 g/mol. The lowest BCUT2D eigenvalue weighted by Crippen LogP contribution is -2.62. The number of phenols is 1. The normalized spacial score (nSPS) is 17.4. The van der Waals surface area contributed by atoms with E-state index in [4.69, 9.17) is 17.2 Å². The first-order valence-electron chi connectivity index (χ1n) is 26.7. The molecule has 2 aromatic rings. The highest BCUT2D eigenvalue weighted by molar-refractivity contribution is 5.99. The fraction of sp³-hybridized carbons (Fsp3) is 0.547. The maximum atomic E-state index is 14.0. The van der Waals surface area contributed by atoms with Gasteiger partial charge in [0, 0.05) is 32.2 Å². The number of rotatable bonds is 33. The number of carbonyl (C=O) groups excluding carboxylic acids is 11. The Morgan fingerprint density at radius 3 is 1.60 bits per heavy atom. The van der Waals surface area contributed by atoms with E-state index >= 15 is 0 Å². The van der Waals surface area contributed by atoms with Gasteiger partial charge in [0.25, 0.3) is 0 Å². The molecule has 29 nitrogen and oxygen atoms in total. The molecule has 0 bridgehead atoms. The van der Waals surface area contributed by atoms with Gasteiger partial charge in [-0.1, -0.05) is 62.7 Å². The number of likely N-dealkylation sites (tertiary alicyclic amines) is 1. The van der Waals surface area contributed by atoms with Crippen molar-refractivity contribution in [2.75, 3.05) is 13.2 Å². The van der Waals surface area contributed by atoms with E-state index in [1.165, 1.54) is 43.0 Å². The van der Waals surface area contributed by atoms with Gasteiger partial charge in [0.05, 0.1) is 24.9 Å². The molecule has 19 N–H and O–H groups in total. The van der Waals surface area contributed by atoms with Gasteiger partial charge in [0.2, 0.25) is 65.0 Å². The first kappa shape index (κ1) is 68.0. The summed E-state index contributed by atoms with van der Waals surface area (Å²) in [6.07, 6.45) is -4.23. The fourth-order valence-corrected chi connectivity index (χ4v) is 8.57. The Morgan fingerprint density at radius 2 is 1.06 bits per heavy atom. The quantitative estimate of drug-likeness (QED) is 0.0318. The number of benzene rings is 2. The summed E-state index contributed by atoms with van der Waals surface area (Å²) < 4.78 is 0. The van der Waals surface area contributed by atoms with Gasteiger partial charge in [-0.3, -0.25) is 52.7 Å². The van der Waals surface area contributed by atoms with Crippen LogP contribution < -0.4 is 59.7 Å². The van der Waals surface area contributed by atoms with Crippen LogP contribution in [0, 0.1) is 5.92 Å². The molecular formula is C53H78N12O17. The lowest BCUT2D eigenvalue weighted by molar-refractivity contribution is -0.143. The van der Waals surface area contributed by atoms with E-state index in [1.54, 1.807) is 44.2 Å². The minimum Gasteiger partial charge on any atom is -0.508 e. The standard InChI is InChI=1S/C53H78N12O17/c1-6-26(2)41(49(77)64-43(29(5)68)51(79)60-36(53(81)82)24-30-11-8-7-9-12-30)62-48(76)38-13-10-22-65(38)52(80)27(3)57-47(75)37(25-66)61-46(74)35(23-31-14-16-32(69)17-15-31)59-50(78)42(28(4)67)63-45(73)34(19-21-40(56)71)58-44(72)33(54)18-20-39(55)70/h7-9,11-12,14-17,26-29,33-38,41-43,66-69H,6,10,13,18-25,54H2,1-5H3,(H2,55,70)(H2,56,71)(H,57,75)(H,58,72)(H,59,78)(H,60,79)(H,61,74)(H,62,76)(H,63,73)(H,64,77)(H,81,82)/t26-,27-,28+,29+,33-,34-,35-,36-,37-,38-,41-,42-,43-/m0/s1. The summed E-state index contributed by atoms with van der Waals surface area (Å²) in [4.78, 5) is 159. The van der Waals surface area contributed by atoms with E-state index in [2.05, 4.69) is 42.5 Å². The summed E-state index contributed by atoms with van der Waals surface area (Å²) in [6, 6.07) is -1.42. The van der Waals surface area contributed by atoms with Crippen molar-refractivity contribution in [2.24, 2.45) is 23.1 Å². The number of nitrogens with two attached hydrogens (primary N) is 3. The van der Waals surface area contributed by atoms with Crippen LogP contribution in [0.15, 0.2) is 54.6 Å². The highest BCUT2D eigenvalue weighted by Crippen LogP contribution is 2.21. The van der Waals surface area contributed by atoms with Crippen molar-refractivity contribution in [1.29, 1.82) is 0 Å². The molecule has 1 saturated heterocycles. The van der Waals surface area contributed by atoms with Gasteiger partial charge in [0.15, 0.2) is 0 Å². The number of hydrogen-bond donors (Lipinski definition) is 16. The SMILES string of the molecule is CC[C@H](C)[C@H](NC(=O)[C@@H]1CCCN1C(=O)[C@H](C)NC(=O)[C@H](CO)NC(=O)[C@H](Cc1ccc(O)cc1)NC(=O)[C@@H](NC(=O)[C@H](CCC(N)=O)NC(=O)[C@@H](N)CCC(N)=O)[C@@H](C)O)C(=O)N[C@H](C(=O)N[C@@H](Cc1ccccc1)C(=O)O)[C@@H](C)O. The summed E-state index contributed by atoms with van der Waals surface area (Å²) in [5, 5.41) is 70.5. The Kier molecular flexibility index (Phi) is 27.2. The van der Waals surface area contributed by atoms with Crippen LogP contribution in [0.3, 0.4) is 0 Å². The molecule has 0 unspecified atom stereocenters. The van der Waals surface area contributed by atoms with Crippen LogP contribution in [0.2, 0.25) is 0 Å². The number of aliphatic hydroxyl groups is 3. The number of primary amides is 2. The number of hydrogen-bond acceptors (Lipinski definition) is 17. The van der Waals surface area contributed by atoms with E-state index < -0.39 is 169 Å². The number of carboxylic acid groups (broad SMARTS) is 1. The Balaban J connectivity index is 1.77. The van der Waals surface area contributed by atoms with Crippen molar-refractivity contribution in [3.8, 4) is 5.75 Å². The zero-order chi connectivity index (χ0) is 61.5. The first-order valence-corrected chi connectivity index (χ1v) is 26.7. The zero-order valence-electron chi connectivity index (χ0n) is 46.3. The topological polar surface area (TPSA) is 484 Å². The highest BCUT2D eigenvalue weighted by atomic mass is 16.4. The molecule has 1 fully saturated rings. The number of aromatic hydroxyl groups is 1. The summed E-state index contributed by atoms with van der Waals surface area (Å²) in [5.41, 5.74) is 17.2. The minimum absolute atomic E-state index is 0.0251. The third-order valence-electron chi connectivity index (χ3n) is 13.6. The van der Waals surface area contributed by atoms with Crippen LogP contribution in [0.25, 0.3) is 0 Å². The molecule has 29 heteroatoms. The lowest BCUT2D eigenvalue weighted by Gasteiger charge is -2.31. The maximum Gasteiger partial charge on any atom is 0.326 e. The molecule has 0 aromatic heterocycles. The van der Waals surface area contributed by atoms with E-state index in [0.29, 0.717) is 24.0 Å². The minimum atomic E-state index is -1.86. The molecule has 1 aliphatic heterocycles. The van der Waals surface area contributed by atoms with Gasteiger partial charge in [0.1, 0.15) is 60.1 Å². The Morgan fingerprint density at radius 1 is 0.585 bits per heavy atom. The third kappa shape index (κ3) is 21.3. The molecule has 0 spiro atoms. The van der Waals surface area contributed by atoms with Crippen molar-refractivity contribution in [3.63, 3.8) is 0 Å². The molecular weight excluding hydrogens is 1080 g/mol. The largest absolute Gasteiger partial charge is 0.508 e. The van der Waals surface area contributed by atoms with Crippen molar-refractivity contribution >= 4 is 70.9 Å². The summed E-state index contributed by atoms with van der Waals surface area (Å²) in [6.45, 7) is 5.92. The van der Waals surface area contributed by atoms with E-state index in [-0.39, 0.29) is 44.4 Å². The predicted molar refractivity (Wildman–Crippen MR) is 290 cm³/mol. The molecule has 13 atom stereocenters. The molecule has 82 heavy (non-hydrogen) atoms. The van der Waals surface area contributed by atoms with Crippen molar-refractivity contribution < 1.29 is 83.1 Å². The monoisotopic (exact) mass is 1150 g/mol. The number of aliphatic hydroxyl groups excluding tert-OH is 3. The van der Waals surface area contributed by atoms with Crippen LogP contribution in [0.5, 0.6) is 5.75 Å². The van der Waals surface area contributed by atoms with Crippen molar-refractivity contribution in [3.05, 3.63) is 65.7 Å². The predicted octanol–water partition coefficient (Wildman–Crippen LogP) is -5.19. The second kappa shape index (κ2) is 32.8. The molecule has 0 aliphatic carbocycles. The molecule has 2 aromatic carbocycles. The summed E-state index contributed by atoms with van der Waals surface area (Å²) in [5.74, 6) is -12.6. The van der Waals surface area contributed by atoms with Crippen LogP contribution >= 0.6 is 0 Å². The summed E-state index contributed by atoms with van der Waals surface area (Å²) >= 11 is 0. The second-order valence-corrected chi connectivity index (χ2v) is 20.2. The fourth-order valence-electron chi connectivity index (χ4n) is 8.57. The number of phenolic OH excluding ortho intramolecular Hbond substituents is 1. The molecule has 452 valence electrons. The average Bonchev–Trinajstić information content (AvgIpc) is 3.99. The van der Waals surface area contributed by atoms with Gasteiger partial charge in [-0.25, -0.2) is 4.79 Å². The van der Waals surface area contributed by atoms with Crippen LogP contribution in [-0.2, 0) is 70.4 Å². The lowest BCUT2D eigenvalue weighted by atomic mass is 9.96. The van der Waals surface area contributed by atoms with E-state index in [9.17, 15) is 83.1 Å². The zero-order valence-corrected chi connectivity index (χ0v) is 46.3. The van der Waals surface area contributed by atoms with Gasteiger partial charge in [-0.05, 0) is 75.6 Å². The first-order chi connectivity index (χ1) is 38.6. The Hall–Kier alpha value is -8.28. The highest BCUT2D eigenvalue weighted by Gasteiger charge is 2.41. The Bertz CT molecular complexity index is 2570. The molecule has 1 aliphatic rings. The third-order valence-corrected chi connectivity index (χ3v) is 13.6. The molecule has 11 amide bonds.